The molecule has 2 amide bonds. The van der Waals surface area contributed by atoms with Crippen LogP contribution in [0.5, 0.6) is 5.75 Å². The molecule has 1 saturated heterocycles. The van der Waals surface area contributed by atoms with Crippen LogP contribution in [0.4, 0.5) is 28.9 Å². The molecule has 0 radical (unpaired) electrons. The van der Waals surface area contributed by atoms with Gasteiger partial charge in [0.15, 0.2) is 17.7 Å². The maximum Gasteiger partial charge on any atom is 0.272 e. The van der Waals surface area contributed by atoms with Gasteiger partial charge in [-0.25, -0.2) is 17.6 Å². The molecule has 2 aromatic rings. The Bertz CT molecular complexity index is 1070. The highest BCUT2D eigenvalue weighted by Gasteiger charge is 2.44. The summed E-state index contributed by atoms with van der Waals surface area (Å²) in [5, 5.41) is 2.43. The highest BCUT2D eigenvalue weighted by molar-refractivity contribution is 6.01. The van der Waals surface area contributed by atoms with Crippen molar-refractivity contribution in [2.45, 2.75) is 32.4 Å². The van der Waals surface area contributed by atoms with Crippen LogP contribution in [0.1, 0.15) is 18.1 Å². The minimum absolute atomic E-state index is 0.0770. The number of amides is 2. The Morgan fingerprint density at radius 2 is 1.88 bits per heavy atom. The van der Waals surface area contributed by atoms with Gasteiger partial charge in [-0.15, -0.1) is 0 Å². The predicted molar refractivity (Wildman–Crippen MR) is 109 cm³/mol. The van der Waals surface area contributed by atoms with E-state index < -0.39 is 48.6 Å². The number of nitrogens with one attached hydrogen (secondary N) is 1. The third-order valence-electron chi connectivity index (χ3n) is 5.39. The molecule has 1 unspecified atom stereocenters. The summed E-state index contributed by atoms with van der Waals surface area (Å²) in [4.78, 5) is 27.6. The normalized spacial score (nSPS) is 19.8. The first-order valence-electron chi connectivity index (χ1n) is 10.00. The predicted octanol–water partition coefficient (Wildman–Crippen LogP) is 3.48. The van der Waals surface area contributed by atoms with Gasteiger partial charge in [0.05, 0.1) is 37.6 Å². The molecule has 0 aromatic heterocycles. The number of likely N-dealkylation sites (tertiary alicyclic amines) is 1. The summed E-state index contributed by atoms with van der Waals surface area (Å²) in [6, 6.07) is 7.10. The Hall–Kier alpha value is -3.14. The summed E-state index contributed by atoms with van der Waals surface area (Å²) in [5.74, 6) is -5.30. The number of halogens is 4. The van der Waals surface area contributed by atoms with Gasteiger partial charge in [0.2, 0.25) is 5.91 Å². The highest BCUT2D eigenvalue weighted by atomic mass is 19.3. The standard InChI is InChI=1S/C22H21F4N3O3/c1-12-7-16-20(18(24)19(12)27-17(30)9-28-10-22(25,26)11-28)32-13(2)21(31)29(16)8-14-3-5-15(23)6-4-14/h3-7,13H,8-11H2,1-2H3,(H,27,30). The molecule has 0 saturated carbocycles. The number of carbonyl (C=O) groups excluding carboxylic acids is 2. The van der Waals surface area contributed by atoms with Crippen LogP contribution in [0.3, 0.4) is 0 Å². The Labute approximate surface area is 181 Å². The van der Waals surface area contributed by atoms with Gasteiger partial charge < -0.3 is 15.0 Å². The lowest BCUT2D eigenvalue weighted by Crippen LogP contribution is -2.57. The quantitative estimate of drug-likeness (QED) is 0.708. The number of fused-ring (bicyclic) bond motifs is 1. The SMILES string of the molecule is Cc1cc2c(c(F)c1NC(=O)CN1CC(F)(F)C1)OC(C)C(=O)N2Cc1ccc(F)cc1. The maximum absolute atomic E-state index is 15.3. The second-order valence-electron chi connectivity index (χ2n) is 8.09. The molecule has 170 valence electrons. The minimum atomic E-state index is -2.81. The number of hydrogen-bond acceptors (Lipinski definition) is 4. The smallest absolute Gasteiger partial charge is 0.272 e. The van der Waals surface area contributed by atoms with Gasteiger partial charge in [-0.05, 0) is 43.2 Å². The average molecular weight is 451 g/mol. The molecule has 1 N–H and O–H groups in total. The summed E-state index contributed by atoms with van der Waals surface area (Å²) in [5.41, 5.74) is 1.03. The van der Waals surface area contributed by atoms with Gasteiger partial charge in [0, 0.05) is 0 Å². The van der Waals surface area contributed by atoms with Gasteiger partial charge in [-0.3, -0.25) is 14.5 Å². The van der Waals surface area contributed by atoms with Crippen molar-refractivity contribution in [2.24, 2.45) is 0 Å². The summed E-state index contributed by atoms with van der Waals surface area (Å²) in [6.45, 7) is 1.77. The lowest BCUT2D eigenvalue weighted by Gasteiger charge is -2.38. The second-order valence-corrected chi connectivity index (χ2v) is 8.09. The van der Waals surface area contributed by atoms with Crippen LogP contribution in [0.2, 0.25) is 0 Å². The van der Waals surface area contributed by atoms with Crippen molar-refractivity contribution >= 4 is 23.2 Å². The molecule has 0 spiro atoms. The lowest BCUT2D eigenvalue weighted by atomic mass is 10.1. The molecule has 1 fully saturated rings. The first-order valence-corrected chi connectivity index (χ1v) is 10.00. The first-order chi connectivity index (χ1) is 15.0. The zero-order chi connectivity index (χ0) is 23.2. The third kappa shape index (κ3) is 4.27. The van der Waals surface area contributed by atoms with E-state index in [2.05, 4.69) is 5.32 Å². The second kappa shape index (κ2) is 8.09. The number of aryl methyl sites for hydroxylation is 1. The Morgan fingerprint density at radius 3 is 2.50 bits per heavy atom. The van der Waals surface area contributed by atoms with Crippen molar-refractivity contribution in [3.63, 3.8) is 0 Å². The molecule has 2 aliphatic rings. The van der Waals surface area contributed by atoms with E-state index >= 15 is 4.39 Å². The number of alkyl halides is 2. The van der Waals surface area contributed by atoms with E-state index in [1.54, 1.807) is 6.92 Å². The number of hydrogen-bond donors (Lipinski definition) is 1. The van der Waals surface area contributed by atoms with E-state index in [-0.39, 0.29) is 30.2 Å². The van der Waals surface area contributed by atoms with Crippen LogP contribution in [0, 0.1) is 18.6 Å². The summed E-state index contributed by atoms with van der Waals surface area (Å²) >= 11 is 0. The molecule has 0 aliphatic carbocycles. The highest BCUT2D eigenvalue weighted by Crippen LogP contribution is 2.42. The molecule has 2 heterocycles. The number of benzene rings is 2. The van der Waals surface area contributed by atoms with Crippen molar-refractivity contribution in [3.05, 3.63) is 53.1 Å². The van der Waals surface area contributed by atoms with E-state index in [1.165, 1.54) is 47.1 Å². The molecular weight excluding hydrogens is 430 g/mol. The minimum Gasteiger partial charge on any atom is -0.476 e. The molecule has 32 heavy (non-hydrogen) atoms. The average Bonchev–Trinajstić information content (AvgIpc) is 2.70. The van der Waals surface area contributed by atoms with E-state index in [1.807, 2.05) is 0 Å². The first kappa shape index (κ1) is 22.1. The van der Waals surface area contributed by atoms with Gasteiger partial charge >= 0.3 is 0 Å². The molecular formula is C22H21F4N3O3. The van der Waals surface area contributed by atoms with Gasteiger partial charge in [-0.2, -0.15) is 0 Å². The fourth-order valence-corrected chi connectivity index (χ4v) is 3.81. The number of anilines is 2. The topological polar surface area (TPSA) is 61.9 Å². The molecule has 6 nitrogen and oxygen atoms in total. The van der Waals surface area contributed by atoms with E-state index in [0.29, 0.717) is 11.1 Å². The van der Waals surface area contributed by atoms with Crippen LogP contribution in [0.25, 0.3) is 0 Å². The van der Waals surface area contributed by atoms with Crippen LogP contribution in [-0.2, 0) is 16.1 Å². The van der Waals surface area contributed by atoms with Crippen molar-refractivity contribution < 1.29 is 31.9 Å². The molecule has 0 bridgehead atoms. The summed E-state index contributed by atoms with van der Waals surface area (Å²) in [7, 11) is 0. The van der Waals surface area contributed by atoms with Crippen LogP contribution < -0.4 is 15.0 Å². The number of ether oxygens (including phenoxy) is 1. The lowest BCUT2D eigenvalue weighted by molar-refractivity contribution is -0.141. The van der Waals surface area contributed by atoms with E-state index in [4.69, 9.17) is 4.74 Å². The van der Waals surface area contributed by atoms with Crippen LogP contribution in [-0.4, -0.2) is 48.4 Å². The van der Waals surface area contributed by atoms with Crippen molar-refractivity contribution in [3.8, 4) is 5.75 Å². The molecule has 1 atom stereocenters. The molecule has 2 aliphatic heterocycles. The Morgan fingerprint density at radius 1 is 1.22 bits per heavy atom. The van der Waals surface area contributed by atoms with Crippen LogP contribution in [0.15, 0.2) is 30.3 Å². The Balaban J connectivity index is 1.59. The van der Waals surface area contributed by atoms with Gasteiger partial charge in [0.1, 0.15) is 5.82 Å². The summed E-state index contributed by atoms with van der Waals surface area (Å²) in [6.07, 6.45) is -0.980. The Kier molecular flexibility index (Phi) is 5.58. The largest absolute Gasteiger partial charge is 0.476 e. The van der Waals surface area contributed by atoms with Crippen molar-refractivity contribution in [1.82, 2.24) is 4.90 Å². The molecule has 10 heteroatoms. The maximum atomic E-state index is 15.3. The summed E-state index contributed by atoms with van der Waals surface area (Å²) < 4.78 is 60.0. The van der Waals surface area contributed by atoms with Crippen molar-refractivity contribution in [2.75, 3.05) is 29.9 Å². The van der Waals surface area contributed by atoms with Crippen LogP contribution >= 0.6 is 0 Å². The molecule has 2 aromatic carbocycles. The third-order valence-corrected chi connectivity index (χ3v) is 5.39. The fourth-order valence-electron chi connectivity index (χ4n) is 3.81. The van der Waals surface area contributed by atoms with Gasteiger partial charge in [0.25, 0.3) is 11.8 Å². The fraction of sp³-hybridized carbons (Fsp3) is 0.364. The zero-order valence-electron chi connectivity index (χ0n) is 17.4. The number of rotatable bonds is 5. The molecule has 4 rings (SSSR count). The van der Waals surface area contributed by atoms with E-state index in [0.717, 1.165) is 0 Å². The van der Waals surface area contributed by atoms with Gasteiger partial charge in [-0.1, -0.05) is 12.1 Å². The van der Waals surface area contributed by atoms with E-state index in [9.17, 15) is 22.8 Å². The monoisotopic (exact) mass is 451 g/mol. The zero-order valence-corrected chi connectivity index (χ0v) is 17.4. The van der Waals surface area contributed by atoms with Crippen molar-refractivity contribution in [1.29, 1.82) is 0 Å². The number of nitrogens with zero attached hydrogens (tertiary/aromatic N) is 2. The number of carbonyl (C=O) groups is 2.